The van der Waals surface area contributed by atoms with E-state index in [1.165, 1.54) is 0 Å². The van der Waals surface area contributed by atoms with Gasteiger partial charge in [0.25, 0.3) is 0 Å². The summed E-state index contributed by atoms with van der Waals surface area (Å²) in [6.45, 7) is 0. The average Bonchev–Trinajstić information content (AvgIpc) is 3.41. The summed E-state index contributed by atoms with van der Waals surface area (Å²) >= 11 is 44.8. The lowest BCUT2D eigenvalue weighted by atomic mass is 9.79. The van der Waals surface area contributed by atoms with Crippen molar-refractivity contribution in [2.24, 2.45) is 11.8 Å². The predicted molar refractivity (Wildman–Crippen MR) is 154 cm³/mol. The SMILES string of the molecule is SC1(S)SC1CC(CC1SC1(S)S)C(CC1SC1(S)S)CC1SC1(S)S. The third-order valence-corrected chi connectivity index (χ3v) is 16.7. The molecule has 150 valence electrons. The molecule has 0 radical (unpaired) electrons. The van der Waals surface area contributed by atoms with Crippen LogP contribution in [0.2, 0.25) is 0 Å². The maximum absolute atomic E-state index is 4.67. The Morgan fingerprint density at radius 1 is 0.462 bits per heavy atom. The summed E-state index contributed by atoms with van der Waals surface area (Å²) < 4.78 is -0.631. The summed E-state index contributed by atoms with van der Waals surface area (Å²) in [4.78, 5) is 0. The Morgan fingerprint density at radius 2 is 0.615 bits per heavy atom. The largest absolute Gasteiger partial charge is 0.150 e. The van der Waals surface area contributed by atoms with Crippen molar-refractivity contribution < 1.29 is 0 Å². The first-order valence-corrected chi connectivity index (χ1v) is 15.4. The van der Waals surface area contributed by atoms with E-state index in [1.54, 1.807) is 0 Å². The number of hydrogen-bond donors (Lipinski definition) is 8. The molecule has 26 heavy (non-hydrogen) atoms. The molecule has 4 heterocycles. The molecular formula is C14H22S12. The van der Waals surface area contributed by atoms with Gasteiger partial charge in [-0.15, -0.1) is 47.0 Å². The maximum atomic E-state index is 4.67. The van der Waals surface area contributed by atoms with Crippen molar-refractivity contribution in [3.05, 3.63) is 0 Å². The van der Waals surface area contributed by atoms with Crippen LogP contribution in [0.4, 0.5) is 0 Å². The van der Waals surface area contributed by atoms with Crippen LogP contribution in [-0.2, 0) is 0 Å². The summed E-state index contributed by atoms with van der Waals surface area (Å²) in [5.74, 6) is 1.23. The van der Waals surface area contributed by atoms with Gasteiger partial charge in [-0.1, -0.05) is 0 Å². The van der Waals surface area contributed by atoms with Crippen LogP contribution < -0.4 is 0 Å². The molecule has 4 aliphatic heterocycles. The lowest BCUT2D eigenvalue weighted by Gasteiger charge is -2.28. The molecule has 0 bridgehead atoms. The number of thiol groups is 8. The molecule has 4 aliphatic rings. The van der Waals surface area contributed by atoms with E-state index in [0.717, 1.165) is 25.7 Å². The maximum Gasteiger partial charge on any atom is 0.113 e. The minimum absolute atomic E-state index is 0.158. The quantitative estimate of drug-likeness (QED) is 0.0925. The van der Waals surface area contributed by atoms with Gasteiger partial charge in [0.15, 0.2) is 0 Å². The highest BCUT2D eigenvalue weighted by Gasteiger charge is 2.58. The molecule has 0 nitrogen and oxygen atoms in total. The van der Waals surface area contributed by atoms with Gasteiger partial charge in [-0.25, -0.2) is 0 Å². The van der Waals surface area contributed by atoms with E-state index < -0.39 is 0 Å². The topological polar surface area (TPSA) is 0 Å². The van der Waals surface area contributed by atoms with Gasteiger partial charge in [0.2, 0.25) is 0 Å². The van der Waals surface area contributed by atoms with Gasteiger partial charge in [0.05, 0.1) is 0 Å². The zero-order chi connectivity index (χ0) is 19.1. The molecular weight excluding hydrogens is 553 g/mol. The summed E-state index contributed by atoms with van der Waals surface area (Å²) in [6.07, 6.45) is 4.63. The first-order chi connectivity index (χ1) is 11.8. The van der Waals surface area contributed by atoms with Crippen molar-refractivity contribution in [2.45, 2.75) is 60.3 Å². The van der Waals surface area contributed by atoms with Crippen LogP contribution in [0.25, 0.3) is 0 Å². The van der Waals surface area contributed by atoms with Crippen LogP contribution >= 0.6 is 148 Å². The molecule has 0 aromatic heterocycles. The summed E-state index contributed by atoms with van der Waals surface area (Å²) in [6, 6.07) is 0. The molecule has 4 saturated heterocycles. The molecule has 0 aromatic rings. The number of rotatable bonds is 9. The van der Waals surface area contributed by atoms with Crippen molar-refractivity contribution in [1.29, 1.82) is 0 Å². The lowest BCUT2D eigenvalue weighted by Crippen LogP contribution is -2.25. The van der Waals surface area contributed by atoms with E-state index in [-0.39, 0.29) is 13.6 Å². The smallest absolute Gasteiger partial charge is 0.113 e. The molecule has 0 spiro atoms. The highest BCUT2D eigenvalue weighted by Crippen LogP contribution is 2.69. The van der Waals surface area contributed by atoms with E-state index in [2.05, 4.69) is 101 Å². The molecule has 12 heteroatoms. The minimum atomic E-state index is -0.158. The lowest BCUT2D eigenvalue weighted by molar-refractivity contribution is 0.272. The fourth-order valence-electron chi connectivity index (χ4n) is 3.57. The Morgan fingerprint density at radius 3 is 0.731 bits per heavy atom. The summed E-state index contributed by atoms with van der Waals surface area (Å²) in [5, 5.41) is 2.08. The Kier molecular flexibility index (Phi) is 7.10. The van der Waals surface area contributed by atoms with Gasteiger partial charge in [0.1, 0.15) is 13.6 Å². The summed E-state index contributed by atoms with van der Waals surface area (Å²) in [7, 11) is 0. The summed E-state index contributed by atoms with van der Waals surface area (Å²) in [5.41, 5.74) is 0. The average molecular weight is 575 g/mol. The molecule has 4 rings (SSSR count). The van der Waals surface area contributed by atoms with Crippen LogP contribution in [0.15, 0.2) is 0 Å². The predicted octanol–water partition coefficient (Wildman–Crippen LogP) is 6.29. The Hall–Kier alpha value is 4.20. The molecule has 0 N–H and O–H groups in total. The Balaban J connectivity index is 1.45. The number of hydrogen-bond acceptors (Lipinski definition) is 12. The van der Waals surface area contributed by atoms with Crippen molar-refractivity contribution in [1.82, 2.24) is 0 Å². The van der Waals surface area contributed by atoms with Gasteiger partial charge >= 0.3 is 0 Å². The third-order valence-electron chi connectivity index (χ3n) is 5.45. The van der Waals surface area contributed by atoms with E-state index in [9.17, 15) is 0 Å². The minimum Gasteiger partial charge on any atom is -0.150 e. The van der Waals surface area contributed by atoms with Gasteiger partial charge in [-0.3, -0.25) is 0 Å². The first-order valence-electron chi connectivity index (χ1n) is 8.30. The normalized spacial score (nSPS) is 42.0. The van der Waals surface area contributed by atoms with Crippen LogP contribution in [0, 0.1) is 11.8 Å². The van der Waals surface area contributed by atoms with Gasteiger partial charge in [-0.2, -0.15) is 101 Å². The van der Waals surface area contributed by atoms with Gasteiger partial charge < -0.3 is 0 Å². The van der Waals surface area contributed by atoms with Crippen LogP contribution in [-0.4, -0.2) is 34.6 Å². The second kappa shape index (κ2) is 7.90. The number of thioether (sulfide) groups is 4. The molecule has 0 aliphatic carbocycles. The fourth-order valence-corrected chi connectivity index (χ4v) is 10.6. The molecule has 4 atom stereocenters. The third kappa shape index (κ3) is 5.76. The van der Waals surface area contributed by atoms with E-state index in [0.29, 0.717) is 32.8 Å². The monoisotopic (exact) mass is 574 g/mol. The van der Waals surface area contributed by atoms with Crippen molar-refractivity contribution in [2.75, 3.05) is 0 Å². The second-order valence-electron chi connectivity index (χ2n) is 7.52. The zero-order valence-electron chi connectivity index (χ0n) is 13.5. The van der Waals surface area contributed by atoms with Crippen molar-refractivity contribution in [3.8, 4) is 0 Å². The molecule has 0 saturated carbocycles. The highest BCUT2D eigenvalue weighted by atomic mass is 32.3. The Bertz CT molecular complexity index is 476. The second-order valence-corrected chi connectivity index (χ2v) is 22.8. The van der Waals surface area contributed by atoms with Crippen LogP contribution in [0.1, 0.15) is 25.7 Å². The van der Waals surface area contributed by atoms with Crippen LogP contribution in [0.5, 0.6) is 0 Å². The Labute approximate surface area is 217 Å². The standard InChI is InChI=1S/C14H22S12/c15-11(16)7(23-11)1-5(2-8-12(17,18)24-8)6(3-9-13(19,20)25-9)4-10-14(21,22)26-10/h5-10,15-22H,1-4H2. The van der Waals surface area contributed by atoms with Crippen molar-refractivity contribution in [3.63, 3.8) is 0 Å². The highest BCUT2D eigenvalue weighted by molar-refractivity contribution is 8.33. The van der Waals surface area contributed by atoms with Crippen molar-refractivity contribution >= 4 is 148 Å². The molecule has 4 fully saturated rings. The van der Waals surface area contributed by atoms with Crippen LogP contribution in [0.3, 0.4) is 0 Å². The van der Waals surface area contributed by atoms with E-state index >= 15 is 0 Å². The molecule has 4 unspecified atom stereocenters. The van der Waals surface area contributed by atoms with E-state index in [1.807, 2.05) is 47.0 Å². The van der Waals surface area contributed by atoms with Gasteiger partial charge in [-0.05, 0) is 37.5 Å². The zero-order valence-corrected chi connectivity index (χ0v) is 23.9. The molecule has 0 aromatic carbocycles. The molecule has 0 amide bonds. The fraction of sp³-hybridized carbons (Fsp3) is 1.00. The first kappa shape index (κ1) is 23.4. The van der Waals surface area contributed by atoms with Gasteiger partial charge in [0, 0.05) is 21.0 Å². The van der Waals surface area contributed by atoms with E-state index in [4.69, 9.17) is 0 Å².